The molecule has 2 aromatic rings. The Morgan fingerprint density at radius 1 is 1.12 bits per heavy atom. The number of carbonyl (C=O) groups excluding carboxylic acids is 2. The standard InChI is InChI=1S/C20H19N3O3/c21-10-14-6-8-15(9-7-14)20(25)23-11-16(18(12-23)19(22)24)13-26-17-4-2-1-3-5-17/h1-9,16,18H,11-13H2,(H2,22,24)/t16-,18+/m0/s1. The van der Waals surface area contributed by atoms with Crippen LogP contribution in [0.5, 0.6) is 5.75 Å². The predicted molar refractivity (Wildman–Crippen MR) is 95.2 cm³/mol. The lowest BCUT2D eigenvalue weighted by atomic mass is 9.96. The molecule has 2 amide bonds. The molecule has 6 heteroatoms. The van der Waals surface area contributed by atoms with Crippen LogP contribution in [-0.4, -0.2) is 36.4 Å². The Kier molecular flexibility index (Phi) is 5.18. The molecule has 1 aliphatic rings. The second kappa shape index (κ2) is 7.70. The van der Waals surface area contributed by atoms with Crippen molar-refractivity contribution in [1.82, 2.24) is 4.90 Å². The molecule has 2 aromatic carbocycles. The molecule has 0 radical (unpaired) electrons. The van der Waals surface area contributed by atoms with Gasteiger partial charge in [0.2, 0.25) is 5.91 Å². The van der Waals surface area contributed by atoms with E-state index in [2.05, 4.69) is 0 Å². The van der Waals surface area contributed by atoms with E-state index < -0.39 is 11.8 Å². The highest BCUT2D eigenvalue weighted by molar-refractivity contribution is 5.95. The van der Waals surface area contributed by atoms with Gasteiger partial charge >= 0.3 is 0 Å². The Morgan fingerprint density at radius 3 is 2.42 bits per heavy atom. The third-order valence-corrected chi connectivity index (χ3v) is 4.56. The number of hydrogen-bond acceptors (Lipinski definition) is 4. The maximum absolute atomic E-state index is 12.7. The molecule has 0 bridgehead atoms. The molecule has 0 aromatic heterocycles. The number of para-hydroxylation sites is 1. The van der Waals surface area contributed by atoms with Crippen molar-refractivity contribution in [1.29, 1.82) is 5.26 Å². The molecule has 0 saturated carbocycles. The van der Waals surface area contributed by atoms with Crippen molar-refractivity contribution in [2.75, 3.05) is 19.7 Å². The first-order chi connectivity index (χ1) is 12.6. The normalized spacial score (nSPS) is 19.0. The topological polar surface area (TPSA) is 96.4 Å². The molecular formula is C20H19N3O3. The van der Waals surface area contributed by atoms with Crippen molar-refractivity contribution in [3.63, 3.8) is 0 Å². The van der Waals surface area contributed by atoms with Crippen LogP contribution in [0.1, 0.15) is 15.9 Å². The number of nitriles is 1. The summed E-state index contributed by atoms with van der Waals surface area (Å²) in [6, 6.07) is 17.8. The Hall–Kier alpha value is -3.33. The van der Waals surface area contributed by atoms with E-state index in [4.69, 9.17) is 15.7 Å². The fourth-order valence-corrected chi connectivity index (χ4v) is 3.12. The van der Waals surface area contributed by atoms with Crippen LogP contribution in [0.2, 0.25) is 0 Å². The smallest absolute Gasteiger partial charge is 0.253 e. The molecule has 1 aliphatic heterocycles. The number of carbonyl (C=O) groups is 2. The number of amides is 2. The minimum atomic E-state index is -0.443. The minimum Gasteiger partial charge on any atom is -0.493 e. The Labute approximate surface area is 151 Å². The Balaban J connectivity index is 1.68. The Bertz CT molecular complexity index is 828. The van der Waals surface area contributed by atoms with Crippen LogP contribution in [-0.2, 0) is 4.79 Å². The van der Waals surface area contributed by atoms with E-state index in [-0.39, 0.29) is 18.4 Å². The van der Waals surface area contributed by atoms with E-state index in [9.17, 15) is 9.59 Å². The molecule has 2 atom stereocenters. The van der Waals surface area contributed by atoms with Crippen molar-refractivity contribution < 1.29 is 14.3 Å². The summed E-state index contributed by atoms with van der Waals surface area (Å²) in [6.45, 7) is 0.991. The summed E-state index contributed by atoms with van der Waals surface area (Å²) >= 11 is 0. The maximum atomic E-state index is 12.7. The number of nitrogens with two attached hydrogens (primary N) is 1. The zero-order chi connectivity index (χ0) is 18.5. The summed E-state index contributed by atoms with van der Waals surface area (Å²) in [6.07, 6.45) is 0. The highest BCUT2D eigenvalue weighted by atomic mass is 16.5. The van der Waals surface area contributed by atoms with Gasteiger partial charge in [0.25, 0.3) is 5.91 Å². The van der Waals surface area contributed by atoms with Gasteiger partial charge in [0.05, 0.1) is 24.2 Å². The zero-order valence-corrected chi connectivity index (χ0v) is 14.2. The van der Waals surface area contributed by atoms with Crippen LogP contribution in [0.3, 0.4) is 0 Å². The van der Waals surface area contributed by atoms with Crippen molar-refractivity contribution >= 4 is 11.8 Å². The number of ether oxygens (including phenoxy) is 1. The predicted octanol–water partition coefficient (Wildman–Crippen LogP) is 1.81. The molecule has 1 saturated heterocycles. The third-order valence-electron chi connectivity index (χ3n) is 4.56. The van der Waals surface area contributed by atoms with Crippen LogP contribution in [0.4, 0.5) is 0 Å². The van der Waals surface area contributed by atoms with Crippen LogP contribution < -0.4 is 10.5 Å². The lowest BCUT2D eigenvalue weighted by Crippen LogP contribution is -2.32. The first kappa shape index (κ1) is 17.5. The molecule has 0 unspecified atom stereocenters. The van der Waals surface area contributed by atoms with Gasteiger partial charge in [0, 0.05) is 24.6 Å². The van der Waals surface area contributed by atoms with Crippen LogP contribution in [0.15, 0.2) is 54.6 Å². The summed E-state index contributed by atoms with van der Waals surface area (Å²) in [5, 5.41) is 8.85. The van der Waals surface area contributed by atoms with Crippen molar-refractivity contribution in [3.05, 3.63) is 65.7 Å². The van der Waals surface area contributed by atoms with Gasteiger partial charge in [-0.05, 0) is 36.4 Å². The molecule has 1 heterocycles. The first-order valence-corrected chi connectivity index (χ1v) is 8.35. The third kappa shape index (κ3) is 3.83. The lowest BCUT2D eigenvalue weighted by Gasteiger charge is -2.17. The quantitative estimate of drug-likeness (QED) is 0.890. The fraction of sp³-hybridized carbons (Fsp3) is 0.250. The van der Waals surface area contributed by atoms with E-state index in [1.165, 1.54) is 0 Å². The van der Waals surface area contributed by atoms with Crippen LogP contribution >= 0.6 is 0 Å². The van der Waals surface area contributed by atoms with Gasteiger partial charge in [-0.15, -0.1) is 0 Å². The van der Waals surface area contributed by atoms with Crippen LogP contribution in [0.25, 0.3) is 0 Å². The minimum absolute atomic E-state index is 0.157. The van der Waals surface area contributed by atoms with Crippen LogP contribution in [0, 0.1) is 23.2 Å². The van der Waals surface area contributed by atoms with E-state index in [1.54, 1.807) is 29.2 Å². The van der Waals surface area contributed by atoms with Gasteiger partial charge in [-0.2, -0.15) is 5.26 Å². The van der Waals surface area contributed by atoms with Gasteiger partial charge in [0.15, 0.2) is 0 Å². The molecule has 3 rings (SSSR count). The number of nitrogens with zero attached hydrogens (tertiary/aromatic N) is 2. The van der Waals surface area contributed by atoms with Crippen molar-refractivity contribution in [2.24, 2.45) is 17.6 Å². The van der Waals surface area contributed by atoms with Gasteiger partial charge in [-0.3, -0.25) is 9.59 Å². The molecule has 0 spiro atoms. The summed E-state index contributed by atoms with van der Waals surface area (Å²) in [5.74, 6) is -0.492. The second-order valence-corrected chi connectivity index (χ2v) is 6.29. The van der Waals surface area contributed by atoms with E-state index in [0.717, 1.165) is 0 Å². The molecule has 0 aliphatic carbocycles. The first-order valence-electron chi connectivity index (χ1n) is 8.35. The number of likely N-dealkylation sites (tertiary alicyclic amines) is 1. The largest absolute Gasteiger partial charge is 0.493 e. The number of rotatable bonds is 5. The van der Waals surface area contributed by atoms with E-state index in [1.807, 2.05) is 36.4 Å². The average Bonchev–Trinajstić information content (AvgIpc) is 3.11. The monoisotopic (exact) mass is 349 g/mol. The zero-order valence-electron chi connectivity index (χ0n) is 14.2. The number of benzene rings is 2. The van der Waals surface area contributed by atoms with Crippen molar-refractivity contribution in [3.8, 4) is 11.8 Å². The van der Waals surface area contributed by atoms with Gasteiger partial charge in [-0.25, -0.2) is 0 Å². The highest BCUT2D eigenvalue weighted by Gasteiger charge is 2.39. The lowest BCUT2D eigenvalue weighted by molar-refractivity contribution is -0.122. The second-order valence-electron chi connectivity index (χ2n) is 6.29. The SMILES string of the molecule is N#Cc1ccc(C(=O)N2C[C@@H](COc3ccccc3)[C@H](C(N)=O)C2)cc1. The molecule has 132 valence electrons. The molecule has 6 nitrogen and oxygen atoms in total. The number of primary amides is 1. The average molecular weight is 349 g/mol. The van der Waals surface area contributed by atoms with Gasteiger partial charge < -0.3 is 15.4 Å². The fourth-order valence-electron chi connectivity index (χ4n) is 3.12. The van der Waals surface area contributed by atoms with Crippen molar-refractivity contribution in [2.45, 2.75) is 0 Å². The summed E-state index contributed by atoms with van der Waals surface area (Å²) < 4.78 is 5.75. The molecule has 2 N–H and O–H groups in total. The maximum Gasteiger partial charge on any atom is 0.253 e. The van der Waals surface area contributed by atoms with Gasteiger partial charge in [-0.1, -0.05) is 18.2 Å². The molecular weight excluding hydrogens is 330 g/mol. The van der Waals surface area contributed by atoms with E-state index in [0.29, 0.717) is 30.0 Å². The Morgan fingerprint density at radius 2 is 1.81 bits per heavy atom. The highest BCUT2D eigenvalue weighted by Crippen LogP contribution is 2.26. The molecule has 1 fully saturated rings. The van der Waals surface area contributed by atoms with E-state index >= 15 is 0 Å². The summed E-state index contributed by atoms with van der Waals surface area (Å²) in [7, 11) is 0. The van der Waals surface area contributed by atoms with Gasteiger partial charge in [0.1, 0.15) is 5.75 Å². The molecule has 26 heavy (non-hydrogen) atoms. The number of hydrogen-bond donors (Lipinski definition) is 1. The summed E-state index contributed by atoms with van der Waals surface area (Å²) in [4.78, 5) is 26.1. The summed E-state index contributed by atoms with van der Waals surface area (Å²) in [5.41, 5.74) is 6.50.